The number of hydrogen-bond acceptors (Lipinski definition) is 5. The van der Waals surface area contributed by atoms with Gasteiger partial charge in [0.25, 0.3) is 10.0 Å². The summed E-state index contributed by atoms with van der Waals surface area (Å²) in [4.78, 5) is 29.9. The van der Waals surface area contributed by atoms with Crippen molar-refractivity contribution in [2.75, 3.05) is 18.0 Å². The second kappa shape index (κ2) is 15.6. The van der Waals surface area contributed by atoms with Gasteiger partial charge in [-0.3, -0.25) is 13.9 Å². The van der Waals surface area contributed by atoms with E-state index in [2.05, 4.69) is 5.32 Å². The molecule has 0 unspecified atom stereocenters. The fourth-order valence-corrected chi connectivity index (χ4v) is 6.34. The molecule has 0 fully saturated rings. The predicted molar refractivity (Wildman–Crippen MR) is 178 cm³/mol. The Kier molecular flexibility index (Phi) is 11.6. The molecular formula is C35H38ClN3O5S. The molecule has 0 saturated heterocycles. The van der Waals surface area contributed by atoms with Gasteiger partial charge in [0.2, 0.25) is 11.8 Å². The molecule has 0 aliphatic rings. The maximum Gasteiger partial charge on any atom is 0.264 e. The van der Waals surface area contributed by atoms with Crippen LogP contribution >= 0.6 is 11.6 Å². The van der Waals surface area contributed by atoms with Crippen LogP contribution in [0.4, 0.5) is 5.69 Å². The zero-order chi connectivity index (χ0) is 32.4. The Morgan fingerprint density at radius 1 is 0.844 bits per heavy atom. The average molecular weight is 648 g/mol. The fraction of sp³-hybridized carbons (Fsp3) is 0.257. The van der Waals surface area contributed by atoms with Gasteiger partial charge < -0.3 is 15.0 Å². The Morgan fingerprint density at radius 3 is 2.02 bits per heavy atom. The number of carbonyl (C=O) groups excluding carboxylic acids is 2. The molecule has 236 valence electrons. The van der Waals surface area contributed by atoms with Crippen LogP contribution in [0.1, 0.15) is 31.4 Å². The summed E-state index contributed by atoms with van der Waals surface area (Å²) >= 11 is 6.14. The van der Waals surface area contributed by atoms with Crippen LogP contribution in [0.15, 0.2) is 114 Å². The second-order valence-electron chi connectivity index (χ2n) is 10.7. The summed E-state index contributed by atoms with van der Waals surface area (Å²) < 4.78 is 34.4. The zero-order valence-corrected chi connectivity index (χ0v) is 27.2. The van der Waals surface area contributed by atoms with Crippen LogP contribution in [-0.2, 0) is 32.6 Å². The second-order valence-corrected chi connectivity index (χ2v) is 13.0. The molecule has 1 N–H and O–H groups in total. The zero-order valence-electron chi connectivity index (χ0n) is 25.6. The largest absolute Gasteiger partial charge is 0.497 e. The van der Waals surface area contributed by atoms with Crippen molar-refractivity contribution < 1.29 is 22.7 Å². The van der Waals surface area contributed by atoms with Crippen LogP contribution in [0.5, 0.6) is 5.75 Å². The van der Waals surface area contributed by atoms with Crippen LogP contribution in [-0.4, -0.2) is 50.9 Å². The number of carbonyl (C=O) groups is 2. The molecule has 0 aromatic heterocycles. The van der Waals surface area contributed by atoms with Crippen LogP contribution in [0.3, 0.4) is 0 Å². The molecule has 0 aliphatic carbocycles. The Morgan fingerprint density at radius 2 is 1.44 bits per heavy atom. The van der Waals surface area contributed by atoms with Crippen molar-refractivity contribution in [2.45, 2.75) is 50.2 Å². The molecule has 10 heteroatoms. The number of benzene rings is 4. The van der Waals surface area contributed by atoms with E-state index >= 15 is 0 Å². The Labute approximate surface area is 270 Å². The first kappa shape index (κ1) is 33.6. The van der Waals surface area contributed by atoms with E-state index in [4.69, 9.17) is 16.3 Å². The van der Waals surface area contributed by atoms with Gasteiger partial charge in [0.15, 0.2) is 0 Å². The van der Waals surface area contributed by atoms with Gasteiger partial charge >= 0.3 is 0 Å². The van der Waals surface area contributed by atoms with Crippen molar-refractivity contribution in [1.82, 2.24) is 10.2 Å². The first-order valence-corrected chi connectivity index (χ1v) is 16.5. The molecule has 4 rings (SSSR count). The van der Waals surface area contributed by atoms with E-state index in [0.717, 1.165) is 15.4 Å². The minimum absolute atomic E-state index is 0.0354. The summed E-state index contributed by atoms with van der Waals surface area (Å²) in [5, 5.41) is 3.57. The molecule has 8 nitrogen and oxygen atoms in total. The topological polar surface area (TPSA) is 96.0 Å². The maximum absolute atomic E-state index is 14.5. The number of methoxy groups -OCH3 is 1. The van der Waals surface area contributed by atoms with Crippen LogP contribution < -0.4 is 14.4 Å². The molecule has 2 atom stereocenters. The van der Waals surface area contributed by atoms with E-state index in [1.165, 1.54) is 24.1 Å². The Hall–Kier alpha value is -4.34. The lowest BCUT2D eigenvalue weighted by molar-refractivity contribution is -0.140. The number of rotatable bonds is 14. The molecule has 4 aromatic carbocycles. The summed E-state index contributed by atoms with van der Waals surface area (Å²) in [7, 11) is -2.66. The van der Waals surface area contributed by atoms with Gasteiger partial charge in [-0.2, -0.15) is 0 Å². The predicted octanol–water partition coefficient (Wildman–Crippen LogP) is 6.10. The summed E-state index contributed by atoms with van der Waals surface area (Å²) in [5.74, 6) is -0.325. The van der Waals surface area contributed by atoms with Crippen LogP contribution in [0, 0.1) is 0 Å². The average Bonchev–Trinajstić information content (AvgIpc) is 3.06. The molecule has 2 amide bonds. The number of anilines is 1. The quantitative estimate of drug-likeness (QED) is 0.179. The van der Waals surface area contributed by atoms with Crippen LogP contribution in [0.25, 0.3) is 0 Å². The van der Waals surface area contributed by atoms with Crippen molar-refractivity contribution in [3.8, 4) is 5.75 Å². The smallest absolute Gasteiger partial charge is 0.264 e. The highest BCUT2D eigenvalue weighted by molar-refractivity contribution is 7.92. The van der Waals surface area contributed by atoms with Crippen molar-refractivity contribution in [3.05, 3.63) is 125 Å². The molecule has 0 aliphatic heterocycles. The van der Waals surface area contributed by atoms with Crippen molar-refractivity contribution >= 4 is 39.1 Å². The summed E-state index contributed by atoms with van der Waals surface area (Å²) in [6.07, 6.45) is 0.936. The highest BCUT2D eigenvalue weighted by Gasteiger charge is 2.35. The molecule has 0 bridgehead atoms. The first-order chi connectivity index (χ1) is 21.6. The Bertz CT molecular complexity index is 1650. The van der Waals surface area contributed by atoms with Gasteiger partial charge in [-0.05, 0) is 73.0 Å². The Balaban J connectivity index is 1.79. The molecule has 0 heterocycles. The minimum atomic E-state index is -4.18. The summed E-state index contributed by atoms with van der Waals surface area (Å²) in [6.45, 7) is 3.39. The maximum atomic E-state index is 14.5. The minimum Gasteiger partial charge on any atom is -0.497 e. The number of amides is 2. The molecule has 0 radical (unpaired) electrons. The number of hydrogen-bond donors (Lipinski definition) is 1. The third kappa shape index (κ3) is 8.86. The summed E-state index contributed by atoms with van der Waals surface area (Å²) in [6, 6.07) is 29.8. The third-order valence-corrected chi connectivity index (χ3v) is 9.55. The standard InChI is InChI=1S/C35H38ClN3O5S/c1-4-26(2)37-35(41)33(23-27-11-7-5-8-12-27)38(24-28-15-17-29(36)18-16-28)34(40)25-39(30-19-21-31(44-3)22-20-30)45(42,43)32-13-9-6-10-14-32/h5-22,26,33H,4,23-25H2,1-3H3,(H,37,41)/t26-,33+/m1/s1. The van der Waals surface area contributed by atoms with Gasteiger partial charge in [-0.1, -0.05) is 79.2 Å². The lowest BCUT2D eigenvalue weighted by Gasteiger charge is -2.34. The van der Waals surface area contributed by atoms with Gasteiger partial charge in [0, 0.05) is 24.0 Å². The molecule has 4 aromatic rings. The van der Waals surface area contributed by atoms with Crippen molar-refractivity contribution in [2.24, 2.45) is 0 Å². The lowest BCUT2D eigenvalue weighted by Crippen LogP contribution is -2.54. The van der Waals surface area contributed by atoms with E-state index in [0.29, 0.717) is 17.2 Å². The van der Waals surface area contributed by atoms with Crippen LogP contribution in [0.2, 0.25) is 5.02 Å². The normalized spacial score (nSPS) is 12.5. The molecule has 0 saturated carbocycles. The van der Waals surface area contributed by atoms with E-state index in [1.54, 1.807) is 66.7 Å². The van der Waals surface area contributed by atoms with E-state index in [-0.39, 0.29) is 35.5 Å². The number of ether oxygens (including phenoxy) is 1. The fourth-order valence-electron chi connectivity index (χ4n) is 4.78. The van der Waals surface area contributed by atoms with Gasteiger partial charge in [0.05, 0.1) is 17.7 Å². The van der Waals surface area contributed by atoms with Gasteiger partial charge in [-0.25, -0.2) is 8.42 Å². The highest BCUT2D eigenvalue weighted by Crippen LogP contribution is 2.27. The first-order valence-electron chi connectivity index (χ1n) is 14.7. The van der Waals surface area contributed by atoms with E-state index in [9.17, 15) is 18.0 Å². The number of nitrogens with one attached hydrogen (secondary N) is 1. The van der Waals surface area contributed by atoms with Crippen molar-refractivity contribution in [1.29, 1.82) is 0 Å². The van der Waals surface area contributed by atoms with Crippen molar-refractivity contribution in [3.63, 3.8) is 0 Å². The number of sulfonamides is 1. The molecule has 45 heavy (non-hydrogen) atoms. The summed E-state index contributed by atoms with van der Waals surface area (Å²) in [5.41, 5.74) is 1.88. The molecular weight excluding hydrogens is 610 g/mol. The van der Waals surface area contributed by atoms with Gasteiger partial charge in [0.1, 0.15) is 18.3 Å². The van der Waals surface area contributed by atoms with E-state index < -0.39 is 28.5 Å². The third-order valence-electron chi connectivity index (χ3n) is 7.51. The SMILES string of the molecule is CC[C@@H](C)NC(=O)[C@H](Cc1ccccc1)N(Cc1ccc(Cl)cc1)C(=O)CN(c1ccc(OC)cc1)S(=O)(=O)c1ccccc1. The molecule has 0 spiro atoms. The van der Waals surface area contributed by atoms with Gasteiger partial charge in [-0.15, -0.1) is 0 Å². The lowest BCUT2D eigenvalue weighted by atomic mass is 10.0. The number of halogens is 1. The highest BCUT2D eigenvalue weighted by atomic mass is 35.5. The van der Waals surface area contributed by atoms with E-state index in [1.807, 2.05) is 44.2 Å². The monoisotopic (exact) mass is 647 g/mol. The number of nitrogens with zero attached hydrogens (tertiary/aromatic N) is 2.